The van der Waals surface area contributed by atoms with E-state index in [1.54, 1.807) is 0 Å². The van der Waals surface area contributed by atoms with Gasteiger partial charge in [0.15, 0.2) is 0 Å². The Balaban J connectivity index is 1.88. The summed E-state index contributed by atoms with van der Waals surface area (Å²) in [5.41, 5.74) is 1.73. The highest BCUT2D eigenvalue weighted by molar-refractivity contribution is 9.10. The Morgan fingerprint density at radius 1 is 1.61 bits per heavy atom. The lowest BCUT2D eigenvalue weighted by molar-refractivity contribution is 0.0287. The van der Waals surface area contributed by atoms with Crippen molar-refractivity contribution in [2.75, 3.05) is 26.2 Å². The molecule has 2 rings (SSSR count). The number of carbonyl (C=O) groups is 1. The maximum atomic E-state index is 11.9. The predicted molar refractivity (Wildman–Crippen MR) is 73.8 cm³/mol. The van der Waals surface area contributed by atoms with Crippen LogP contribution in [0.1, 0.15) is 15.9 Å². The Bertz CT molecular complexity index is 431. The second kappa shape index (κ2) is 6.31. The quantitative estimate of drug-likeness (QED) is 0.889. The summed E-state index contributed by atoms with van der Waals surface area (Å²) in [6.45, 7) is 4.89. The standard InChI is InChI=1S/C13H17BrN2O2/c1-9-6-10(2-3-12(9)14)13(17)16-8-11-7-15-4-5-18-11/h2-3,6,11,15H,4-5,7-8H2,1H3,(H,16,17). The Labute approximate surface area is 115 Å². The van der Waals surface area contributed by atoms with Gasteiger partial charge in [-0.05, 0) is 30.7 Å². The van der Waals surface area contributed by atoms with Gasteiger partial charge in [0.05, 0.1) is 12.7 Å². The summed E-state index contributed by atoms with van der Waals surface area (Å²) in [4.78, 5) is 11.9. The molecule has 98 valence electrons. The molecule has 1 aromatic carbocycles. The molecule has 1 aromatic rings. The number of carbonyl (C=O) groups excluding carboxylic acids is 1. The van der Waals surface area contributed by atoms with Gasteiger partial charge in [-0.15, -0.1) is 0 Å². The van der Waals surface area contributed by atoms with Crippen molar-refractivity contribution in [3.63, 3.8) is 0 Å². The lowest BCUT2D eigenvalue weighted by Gasteiger charge is -2.23. The minimum Gasteiger partial charge on any atom is -0.374 e. The van der Waals surface area contributed by atoms with Crippen LogP contribution in [0.15, 0.2) is 22.7 Å². The van der Waals surface area contributed by atoms with E-state index in [-0.39, 0.29) is 12.0 Å². The first-order valence-corrected chi connectivity index (χ1v) is 6.83. The Morgan fingerprint density at radius 2 is 2.44 bits per heavy atom. The SMILES string of the molecule is Cc1cc(C(=O)NCC2CNCCO2)ccc1Br. The second-order valence-corrected chi connectivity index (χ2v) is 5.23. The molecule has 0 radical (unpaired) electrons. The molecule has 1 aliphatic heterocycles. The zero-order chi connectivity index (χ0) is 13.0. The number of hydrogen-bond donors (Lipinski definition) is 2. The summed E-state index contributed by atoms with van der Waals surface area (Å²) in [5.74, 6) is -0.0558. The van der Waals surface area contributed by atoms with Gasteiger partial charge in [-0.1, -0.05) is 15.9 Å². The summed E-state index contributed by atoms with van der Waals surface area (Å²) in [5, 5.41) is 6.13. The lowest BCUT2D eigenvalue weighted by atomic mass is 10.1. The van der Waals surface area contributed by atoms with E-state index >= 15 is 0 Å². The maximum absolute atomic E-state index is 11.9. The molecule has 5 heteroatoms. The average Bonchev–Trinajstić information content (AvgIpc) is 2.40. The van der Waals surface area contributed by atoms with Crippen molar-refractivity contribution >= 4 is 21.8 Å². The van der Waals surface area contributed by atoms with Crippen LogP contribution in [0.3, 0.4) is 0 Å². The summed E-state index contributed by atoms with van der Waals surface area (Å²) >= 11 is 3.42. The minimum absolute atomic E-state index is 0.0558. The van der Waals surface area contributed by atoms with Gasteiger partial charge in [0, 0.05) is 29.7 Å². The lowest BCUT2D eigenvalue weighted by Crippen LogP contribution is -2.45. The molecule has 4 nitrogen and oxygen atoms in total. The molecule has 1 heterocycles. The normalized spacial score (nSPS) is 19.6. The summed E-state index contributed by atoms with van der Waals surface area (Å²) in [6, 6.07) is 5.58. The van der Waals surface area contributed by atoms with Crippen LogP contribution in [0, 0.1) is 6.92 Å². The summed E-state index contributed by atoms with van der Waals surface area (Å²) < 4.78 is 6.54. The number of morpholine rings is 1. The third kappa shape index (κ3) is 3.54. The number of ether oxygens (including phenoxy) is 1. The van der Waals surface area contributed by atoms with Crippen LogP contribution < -0.4 is 10.6 Å². The first kappa shape index (κ1) is 13.5. The van der Waals surface area contributed by atoms with Crippen LogP contribution in [0.4, 0.5) is 0 Å². The molecule has 1 fully saturated rings. The Kier molecular flexibility index (Phi) is 4.74. The van der Waals surface area contributed by atoms with E-state index in [0.29, 0.717) is 18.7 Å². The number of rotatable bonds is 3. The van der Waals surface area contributed by atoms with E-state index in [0.717, 1.165) is 23.1 Å². The van der Waals surface area contributed by atoms with E-state index in [1.807, 2.05) is 25.1 Å². The number of nitrogens with one attached hydrogen (secondary N) is 2. The highest BCUT2D eigenvalue weighted by Crippen LogP contribution is 2.16. The molecule has 0 aliphatic carbocycles. The molecule has 18 heavy (non-hydrogen) atoms. The van der Waals surface area contributed by atoms with Crippen molar-refractivity contribution in [1.29, 1.82) is 0 Å². The molecular formula is C13H17BrN2O2. The van der Waals surface area contributed by atoms with Gasteiger partial charge in [-0.25, -0.2) is 0 Å². The number of halogens is 1. The maximum Gasteiger partial charge on any atom is 0.251 e. The van der Waals surface area contributed by atoms with Gasteiger partial charge in [0.1, 0.15) is 0 Å². The predicted octanol–water partition coefficient (Wildman–Crippen LogP) is 1.48. The molecule has 2 N–H and O–H groups in total. The first-order chi connectivity index (χ1) is 8.66. The summed E-state index contributed by atoms with van der Waals surface area (Å²) in [7, 11) is 0. The second-order valence-electron chi connectivity index (χ2n) is 4.37. The van der Waals surface area contributed by atoms with Crippen LogP contribution in [0.5, 0.6) is 0 Å². The summed E-state index contributed by atoms with van der Waals surface area (Å²) in [6.07, 6.45) is 0.0687. The third-order valence-corrected chi connectivity index (χ3v) is 3.80. The number of aryl methyl sites for hydroxylation is 1. The molecule has 1 amide bonds. The largest absolute Gasteiger partial charge is 0.374 e. The zero-order valence-corrected chi connectivity index (χ0v) is 11.9. The van der Waals surface area contributed by atoms with Gasteiger partial charge in [0.25, 0.3) is 5.91 Å². The van der Waals surface area contributed by atoms with Crippen molar-refractivity contribution < 1.29 is 9.53 Å². The molecule has 0 spiro atoms. The van der Waals surface area contributed by atoms with Crippen LogP contribution in [0.25, 0.3) is 0 Å². The highest BCUT2D eigenvalue weighted by atomic mass is 79.9. The van der Waals surface area contributed by atoms with Crippen molar-refractivity contribution in [1.82, 2.24) is 10.6 Å². The number of hydrogen-bond acceptors (Lipinski definition) is 3. The topological polar surface area (TPSA) is 50.4 Å². The highest BCUT2D eigenvalue weighted by Gasteiger charge is 2.15. The van der Waals surface area contributed by atoms with E-state index < -0.39 is 0 Å². The molecule has 0 saturated carbocycles. The van der Waals surface area contributed by atoms with Crippen molar-refractivity contribution in [3.8, 4) is 0 Å². The van der Waals surface area contributed by atoms with E-state index in [2.05, 4.69) is 26.6 Å². The van der Waals surface area contributed by atoms with E-state index in [9.17, 15) is 4.79 Å². The Morgan fingerprint density at radius 3 is 3.11 bits per heavy atom. The van der Waals surface area contributed by atoms with Gasteiger partial charge in [-0.3, -0.25) is 4.79 Å². The van der Waals surface area contributed by atoms with Crippen LogP contribution >= 0.6 is 15.9 Å². The van der Waals surface area contributed by atoms with E-state index in [4.69, 9.17) is 4.74 Å². The monoisotopic (exact) mass is 312 g/mol. The van der Waals surface area contributed by atoms with Crippen LogP contribution in [-0.4, -0.2) is 38.3 Å². The fraction of sp³-hybridized carbons (Fsp3) is 0.462. The van der Waals surface area contributed by atoms with Crippen LogP contribution in [-0.2, 0) is 4.74 Å². The first-order valence-electron chi connectivity index (χ1n) is 6.03. The van der Waals surface area contributed by atoms with Gasteiger partial charge < -0.3 is 15.4 Å². The van der Waals surface area contributed by atoms with Gasteiger partial charge >= 0.3 is 0 Å². The molecule has 1 unspecified atom stereocenters. The minimum atomic E-state index is -0.0558. The molecular weight excluding hydrogens is 296 g/mol. The van der Waals surface area contributed by atoms with Crippen LogP contribution in [0.2, 0.25) is 0 Å². The van der Waals surface area contributed by atoms with Gasteiger partial charge in [-0.2, -0.15) is 0 Å². The molecule has 0 aromatic heterocycles. The Hall–Kier alpha value is -0.910. The fourth-order valence-corrected chi connectivity index (χ4v) is 2.09. The zero-order valence-electron chi connectivity index (χ0n) is 10.3. The molecule has 1 aliphatic rings. The molecule has 1 saturated heterocycles. The number of amides is 1. The molecule has 0 bridgehead atoms. The molecule has 1 atom stereocenters. The van der Waals surface area contributed by atoms with E-state index in [1.165, 1.54) is 0 Å². The third-order valence-electron chi connectivity index (χ3n) is 2.91. The van der Waals surface area contributed by atoms with Crippen molar-refractivity contribution in [3.05, 3.63) is 33.8 Å². The smallest absolute Gasteiger partial charge is 0.251 e. The fourth-order valence-electron chi connectivity index (χ4n) is 1.85. The van der Waals surface area contributed by atoms with Crippen molar-refractivity contribution in [2.24, 2.45) is 0 Å². The number of benzene rings is 1. The van der Waals surface area contributed by atoms with Crippen molar-refractivity contribution in [2.45, 2.75) is 13.0 Å². The van der Waals surface area contributed by atoms with Gasteiger partial charge in [0.2, 0.25) is 0 Å². The average molecular weight is 313 g/mol.